The number of aliphatic imine (C=N–C) groups is 1. The fraction of sp³-hybridized carbons (Fsp3) is 0.303. The summed E-state index contributed by atoms with van der Waals surface area (Å²) in [4.78, 5) is 42.3. The summed E-state index contributed by atoms with van der Waals surface area (Å²) in [6.45, 7) is 4.17. The van der Waals surface area contributed by atoms with Crippen molar-refractivity contribution in [2.75, 3.05) is 26.1 Å². The molecule has 3 aromatic carbocycles. The van der Waals surface area contributed by atoms with Crippen molar-refractivity contribution >= 4 is 34.1 Å². The number of carbonyl (C=O) groups excluding carboxylic acids is 2. The Balaban J connectivity index is 1.38. The number of carbonyl (C=O) groups is 2. The Kier molecular flexibility index (Phi) is 11.3. The maximum absolute atomic E-state index is 13.4. The van der Waals surface area contributed by atoms with Gasteiger partial charge in [0.05, 0.1) is 54.0 Å². The molecule has 0 fully saturated rings. The third-order valence-electron chi connectivity index (χ3n) is 7.28. The fourth-order valence-corrected chi connectivity index (χ4v) is 6.03. The van der Waals surface area contributed by atoms with Crippen molar-refractivity contribution < 1.29 is 32.9 Å². The number of rotatable bonds is 13. The molecule has 0 bridgehead atoms. The monoisotopic (exact) mass is 618 g/mol. The first-order valence-corrected chi connectivity index (χ1v) is 15.4. The van der Waals surface area contributed by atoms with Crippen molar-refractivity contribution in [1.29, 1.82) is 0 Å². The molecule has 0 N–H and O–H groups in total. The highest BCUT2D eigenvalue weighted by Crippen LogP contribution is 2.41. The highest BCUT2D eigenvalue weighted by atomic mass is 32.2. The van der Waals surface area contributed by atoms with Crippen LogP contribution < -0.4 is 0 Å². The minimum atomic E-state index is -1.22. The van der Waals surface area contributed by atoms with Crippen LogP contribution in [0.3, 0.4) is 0 Å². The molecule has 44 heavy (non-hydrogen) atoms. The molecule has 0 aromatic heterocycles. The first-order chi connectivity index (χ1) is 21.2. The molecule has 0 saturated carbocycles. The highest BCUT2D eigenvalue weighted by Gasteiger charge is 2.42. The normalized spacial score (nSPS) is 17.0. The predicted molar refractivity (Wildman–Crippen MR) is 166 cm³/mol. The minimum Gasteiger partial charge on any atom is -0.468 e. The number of non-ortho nitro benzene ring substituents is 1. The molecule has 1 aliphatic heterocycles. The standard InChI is InChI=1S/C33H34N2O8S/c1-22-29(32(36)41-3)31(26-10-7-11-27(20-26)35(38)39)30(23(2)34-22)33(37)43-17-16-24-12-14-28(15-13-24)44(40)19-18-42-21-25-8-5-4-6-9-25/h4-15,20,29,31H,16-19,21H2,1-3H3. The van der Waals surface area contributed by atoms with Gasteiger partial charge in [0.15, 0.2) is 0 Å². The van der Waals surface area contributed by atoms with Gasteiger partial charge >= 0.3 is 11.9 Å². The second kappa shape index (κ2) is 15.3. The largest absolute Gasteiger partial charge is 0.468 e. The lowest BCUT2D eigenvalue weighted by molar-refractivity contribution is -0.384. The zero-order chi connectivity index (χ0) is 31.6. The van der Waals surface area contributed by atoms with Gasteiger partial charge in [0.25, 0.3) is 5.69 Å². The smallest absolute Gasteiger partial charge is 0.336 e. The van der Waals surface area contributed by atoms with E-state index >= 15 is 0 Å². The van der Waals surface area contributed by atoms with Crippen molar-refractivity contribution in [2.24, 2.45) is 10.9 Å². The topological polar surface area (TPSA) is 134 Å². The number of nitro benzene ring substituents is 1. The molecule has 230 valence electrons. The summed E-state index contributed by atoms with van der Waals surface area (Å²) in [7, 11) is 0.0229. The molecule has 3 aromatic rings. The number of nitro groups is 1. The van der Waals surface area contributed by atoms with E-state index in [4.69, 9.17) is 14.2 Å². The lowest BCUT2D eigenvalue weighted by Gasteiger charge is -2.31. The van der Waals surface area contributed by atoms with Gasteiger partial charge in [-0.2, -0.15) is 0 Å². The Bertz CT molecular complexity index is 1580. The fourth-order valence-electron chi connectivity index (χ4n) is 5.09. The van der Waals surface area contributed by atoms with E-state index in [0.29, 0.717) is 47.3 Å². The highest BCUT2D eigenvalue weighted by molar-refractivity contribution is 7.85. The molecule has 11 heteroatoms. The Labute approximate surface area is 258 Å². The quantitative estimate of drug-likeness (QED) is 0.109. The summed E-state index contributed by atoms with van der Waals surface area (Å²) in [5.41, 5.74) is 3.12. The van der Waals surface area contributed by atoms with Crippen molar-refractivity contribution in [2.45, 2.75) is 37.7 Å². The minimum absolute atomic E-state index is 0.0403. The van der Waals surface area contributed by atoms with E-state index in [1.54, 1.807) is 32.0 Å². The molecule has 0 amide bonds. The SMILES string of the molecule is COC(=O)C1C(C)=NC(C)=C(C(=O)OCCc2ccc(S(=O)CCOCc3ccccc3)cc2)C1c1cccc([N+](=O)[O-])c1. The molecule has 0 spiro atoms. The lowest BCUT2D eigenvalue weighted by atomic mass is 9.75. The van der Waals surface area contributed by atoms with E-state index in [1.165, 1.54) is 25.3 Å². The number of allylic oxidation sites excluding steroid dienone is 1. The van der Waals surface area contributed by atoms with Crippen LogP contribution in [-0.2, 0) is 47.6 Å². The molecule has 0 aliphatic carbocycles. The van der Waals surface area contributed by atoms with E-state index < -0.39 is 39.5 Å². The number of hydrogen-bond donors (Lipinski definition) is 0. The first-order valence-electron chi connectivity index (χ1n) is 14.0. The number of ether oxygens (including phenoxy) is 3. The Morgan fingerprint density at radius 1 is 0.955 bits per heavy atom. The predicted octanol–water partition coefficient (Wildman–Crippen LogP) is 5.33. The van der Waals surface area contributed by atoms with Crippen LogP contribution in [0.2, 0.25) is 0 Å². The second-order valence-corrected chi connectivity index (χ2v) is 11.8. The van der Waals surface area contributed by atoms with Crippen molar-refractivity contribution in [3.05, 3.63) is 117 Å². The van der Waals surface area contributed by atoms with Gasteiger partial charge in [-0.3, -0.25) is 24.1 Å². The number of nitrogens with zero attached hydrogens (tertiary/aromatic N) is 2. The van der Waals surface area contributed by atoms with Crippen LogP contribution >= 0.6 is 0 Å². The molecule has 1 heterocycles. The van der Waals surface area contributed by atoms with Crippen LogP contribution in [0.5, 0.6) is 0 Å². The number of benzene rings is 3. The summed E-state index contributed by atoms with van der Waals surface area (Å²) >= 11 is 0. The maximum Gasteiger partial charge on any atom is 0.336 e. The van der Waals surface area contributed by atoms with Crippen LogP contribution in [0, 0.1) is 16.0 Å². The summed E-state index contributed by atoms with van der Waals surface area (Å²) in [5.74, 6) is -2.74. The third-order valence-corrected chi connectivity index (χ3v) is 8.61. The molecule has 0 radical (unpaired) electrons. The van der Waals surface area contributed by atoms with Gasteiger partial charge in [-0.15, -0.1) is 0 Å². The van der Waals surface area contributed by atoms with Gasteiger partial charge in [-0.25, -0.2) is 4.79 Å². The zero-order valence-corrected chi connectivity index (χ0v) is 25.6. The number of methoxy groups -OCH3 is 1. The first kappa shape index (κ1) is 32.4. The summed E-state index contributed by atoms with van der Waals surface area (Å²) in [6.07, 6.45) is 0.398. The number of esters is 2. The third kappa shape index (κ3) is 8.12. The van der Waals surface area contributed by atoms with Crippen molar-refractivity contribution in [3.8, 4) is 0 Å². The molecular formula is C33H34N2O8S. The van der Waals surface area contributed by atoms with Crippen LogP contribution in [0.15, 0.2) is 100 Å². The zero-order valence-electron chi connectivity index (χ0n) is 24.8. The van der Waals surface area contributed by atoms with E-state index in [0.717, 1.165) is 11.1 Å². The van der Waals surface area contributed by atoms with E-state index in [-0.39, 0.29) is 17.9 Å². The average Bonchev–Trinajstić information content (AvgIpc) is 3.03. The molecular weight excluding hydrogens is 584 g/mol. The second-order valence-electron chi connectivity index (χ2n) is 10.2. The van der Waals surface area contributed by atoms with Crippen LogP contribution in [0.4, 0.5) is 5.69 Å². The average molecular weight is 619 g/mol. The van der Waals surface area contributed by atoms with Gasteiger partial charge < -0.3 is 14.2 Å². The van der Waals surface area contributed by atoms with E-state index in [9.17, 15) is 23.9 Å². The summed E-state index contributed by atoms with van der Waals surface area (Å²) in [5, 5.41) is 11.5. The van der Waals surface area contributed by atoms with E-state index in [1.807, 2.05) is 42.5 Å². The Morgan fingerprint density at radius 2 is 1.68 bits per heavy atom. The summed E-state index contributed by atoms with van der Waals surface area (Å²) < 4.78 is 29.0. The lowest BCUT2D eigenvalue weighted by Crippen LogP contribution is -2.36. The molecule has 4 rings (SSSR count). The van der Waals surface area contributed by atoms with E-state index in [2.05, 4.69) is 4.99 Å². The van der Waals surface area contributed by atoms with Gasteiger partial charge in [-0.05, 0) is 42.7 Å². The summed E-state index contributed by atoms with van der Waals surface area (Å²) in [6, 6.07) is 22.9. The van der Waals surface area contributed by atoms with Gasteiger partial charge in [-0.1, -0.05) is 54.6 Å². The molecule has 1 aliphatic rings. The molecule has 3 atom stereocenters. The van der Waals surface area contributed by atoms with Crippen molar-refractivity contribution in [3.63, 3.8) is 0 Å². The van der Waals surface area contributed by atoms with Crippen molar-refractivity contribution in [1.82, 2.24) is 0 Å². The Hall–Kier alpha value is -4.48. The van der Waals surface area contributed by atoms with Crippen LogP contribution in [0.1, 0.15) is 36.5 Å². The molecule has 0 saturated heterocycles. The van der Waals surface area contributed by atoms with Crippen LogP contribution in [-0.4, -0.2) is 52.9 Å². The number of hydrogen-bond acceptors (Lipinski definition) is 9. The van der Waals surface area contributed by atoms with Crippen LogP contribution in [0.25, 0.3) is 0 Å². The Morgan fingerprint density at radius 3 is 2.36 bits per heavy atom. The van der Waals surface area contributed by atoms with Gasteiger partial charge in [0.1, 0.15) is 5.92 Å². The molecule has 3 unspecified atom stereocenters. The van der Waals surface area contributed by atoms with Gasteiger partial charge in [0, 0.05) is 40.8 Å². The maximum atomic E-state index is 13.4. The molecule has 10 nitrogen and oxygen atoms in total. The van der Waals surface area contributed by atoms with Gasteiger partial charge in [0.2, 0.25) is 0 Å².